The standard InChI is InChI=1S/C4H6F3O/c1-2-3(8)4(5,6)7/h2-3,8H,1H3. The molecule has 0 saturated heterocycles. The number of aliphatic hydroxyl groups excluding tert-OH is 1. The molecular formula is C4H6F3O. The van der Waals surface area contributed by atoms with Crippen molar-refractivity contribution in [2.24, 2.45) is 0 Å². The summed E-state index contributed by atoms with van der Waals surface area (Å²) in [7, 11) is 0. The van der Waals surface area contributed by atoms with Crippen molar-refractivity contribution in [2.45, 2.75) is 19.2 Å². The van der Waals surface area contributed by atoms with E-state index in [0.29, 0.717) is 6.42 Å². The van der Waals surface area contributed by atoms with E-state index in [9.17, 15) is 13.2 Å². The second-order valence-electron chi connectivity index (χ2n) is 1.32. The highest BCUT2D eigenvalue weighted by molar-refractivity contribution is 4.76. The minimum atomic E-state index is -4.49. The number of hydrogen-bond acceptors (Lipinski definition) is 1. The van der Waals surface area contributed by atoms with Gasteiger partial charge < -0.3 is 5.11 Å². The van der Waals surface area contributed by atoms with Crippen molar-refractivity contribution in [1.82, 2.24) is 0 Å². The molecule has 1 nitrogen and oxygen atoms in total. The summed E-state index contributed by atoms with van der Waals surface area (Å²) in [4.78, 5) is 0. The fourth-order valence-electron chi connectivity index (χ4n) is 0.189. The van der Waals surface area contributed by atoms with E-state index in [1.54, 1.807) is 0 Å². The van der Waals surface area contributed by atoms with E-state index >= 15 is 0 Å². The first kappa shape index (κ1) is 7.75. The summed E-state index contributed by atoms with van der Waals surface area (Å²) in [6.45, 7) is 1.15. The lowest BCUT2D eigenvalue weighted by molar-refractivity contribution is -0.192. The Bertz CT molecular complexity index is 68.2. The second-order valence-corrected chi connectivity index (χ2v) is 1.32. The molecule has 0 spiro atoms. The topological polar surface area (TPSA) is 20.2 Å². The zero-order valence-corrected chi connectivity index (χ0v) is 4.24. The minimum Gasteiger partial charge on any atom is -0.383 e. The van der Waals surface area contributed by atoms with Crippen molar-refractivity contribution in [3.05, 3.63) is 6.42 Å². The summed E-state index contributed by atoms with van der Waals surface area (Å²) in [5.41, 5.74) is 0. The van der Waals surface area contributed by atoms with Crippen LogP contribution in [0, 0.1) is 6.42 Å². The van der Waals surface area contributed by atoms with Gasteiger partial charge in [0.2, 0.25) is 0 Å². The number of alkyl halides is 3. The average Bonchev–Trinajstić information content (AvgIpc) is 1.62. The summed E-state index contributed by atoms with van der Waals surface area (Å²) in [6, 6.07) is 0. The van der Waals surface area contributed by atoms with Crippen LogP contribution in [-0.4, -0.2) is 17.4 Å². The van der Waals surface area contributed by atoms with Crippen LogP contribution in [0.2, 0.25) is 0 Å². The van der Waals surface area contributed by atoms with E-state index < -0.39 is 12.3 Å². The molecule has 1 atom stereocenters. The van der Waals surface area contributed by atoms with Gasteiger partial charge in [-0.05, 0) is 6.42 Å². The van der Waals surface area contributed by atoms with Gasteiger partial charge in [-0.1, -0.05) is 6.92 Å². The maximum absolute atomic E-state index is 11.2. The molecular weight excluding hydrogens is 121 g/mol. The first-order valence-electron chi connectivity index (χ1n) is 2.02. The number of hydrogen-bond donors (Lipinski definition) is 1. The molecule has 4 heteroatoms. The average molecular weight is 127 g/mol. The molecule has 0 aliphatic heterocycles. The molecule has 0 bridgehead atoms. The minimum absolute atomic E-state index is 0.681. The first-order valence-corrected chi connectivity index (χ1v) is 2.02. The quantitative estimate of drug-likeness (QED) is 0.559. The normalized spacial score (nSPS) is 16.1. The van der Waals surface area contributed by atoms with Gasteiger partial charge in [0, 0.05) is 0 Å². The monoisotopic (exact) mass is 127 g/mol. The molecule has 0 amide bonds. The molecule has 0 aromatic carbocycles. The van der Waals surface area contributed by atoms with Gasteiger partial charge in [-0.15, -0.1) is 0 Å². The molecule has 0 fully saturated rings. The van der Waals surface area contributed by atoms with Crippen LogP contribution in [0.5, 0.6) is 0 Å². The van der Waals surface area contributed by atoms with Crippen LogP contribution in [0.3, 0.4) is 0 Å². The number of halogens is 3. The van der Waals surface area contributed by atoms with E-state index in [-0.39, 0.29) is 0 Å². The zero-order valence-electron chi connectivity index (χ0n) is 4.24. The first-order chi connectivity index (χ1) is 3.48. The molecule has 1 radical (unpaired) electrons. The Balaban J connectivity index is 3.62. The fourth-order valence-corrected chi connectivity index (χ4v) is 0.189. The molecule has 0 aromatic rings. The molecule has 0 aromatic heterocycles. The van der Waals surface area contributed by atoms with Crippen molar-refractivity contribution in [1.29, 1.82) is 0 Å². The summed E-state index contributed by atoms with van der Waals surface area (Å²) < 4.78 is 33.5. The lowest BCUT2D eigenvalue weighted by atomic mass is 10.3. The molecule has 8 heavy (non-hydrogen) atoms. The third kappa shape index (κ3) is 2.16. The second kappa shape index (κ2) is 2.35. The van der Waals surface area contributed by atoms with Gasteiger partial charge in [-0.3, -0.25) is 0 Å². The van der Waals surface area contributed by atoms with Gasteiger partial charge >= 0.3 is 6.18 Å². The summed E-state index contributed by atoms with van der Waals surface area (Å²) >= 11 is 0. The Morgan fingerprint density at radius 3 is 1.88 bits per heavy atom. The Morgan fingerprint density at radius 2 is 1.88 bits per heavy atom. The van der Waals surface area contributed by atoms with Crippen LogP contribution < -0.4 is 0 Å². The van der Waals surface area contributed by atoms with Gasteiger partial charge in [-0.25, -0.2) is 0 Å². The van der Waals surface area contributed by atoms with Gasteiger partial charge in [-0.2, -0.15) is 13.2 Å². The van der Waals surface area contributed by atoms with E-state index in [1.165, 1.54) is 0 Å². The Hall–Kier alpha value is -0.250. The van der Waals surface area contributed by atoms with Gasteiger partial charge in [0.05, 0.1) is 0 Å². The van der Waals surface area contributed by atoms with Crippen LogP contribution in [0.4, 0.5) is 13.2 Å². The fraction of sp³-hybridized carbons (Fsp3) is 0.750. The maximum Gasteiger partial charge on any atom is 0.414 e. The SMILES string of the molecule is C[CH]C(O)C(F)(F)F. The lowest BCUT2D eigenvalue weighted by Crippen LogP contribution is -2.27. The highest BCUT2D eigenvalue weighted by Gasteiger charge is 2.36. The summed E-state index contributed by atoms with van der Waals surface area (Å²) in [6.07, 6.45) is -6.09. The van der Waals surface area contributed by atoms with Crippen molar-refractivity contribution in [3.63, 3.8) is 0 Å². The van der Waals surface area contributed by atoms with E-state index in [4.69, 9.17) is 5.11 Å². The van der Waals surface area contributed by atoms with Gasteiger partial charge in [0.15, 0.2) is 6.10 Å². The molecule has 0 aliphatic rings. The van der Waals surface area contributed by atoms with E-state index in [2.05, 4.69) is 0 Å². The molecule has 0 heterocycles. The van der Waals surface area contributed by atoms with Crippen LogP contribution in [0.25, 0.3) is 0 Å². The van der Waals surface area contributed by atoms with Crippen molar-refractivity contribution >= 4 is 0 Å². The third-order valence-corrected chi connectivity index (χ3v) is 0.651. The highest BCUT2D eigenvalue weighted by atomic mass is 19.4. The predicted octanol–water partition coefficient (Wildman–Crippen LogP) is 1.13. The van der Waals surface area contributed by atoms with Crippen molar-refractivity contribution in [3.8, 4) is 0 Å². The molecule has 0 aliphatic carbocycles. The van der Waals surface area contributed by atoms with E-state index in [1.807, 2.05) is 0 Å². The van der Waals surface area contributed by atoms with E-state index in [0.717, 1.165) is 6.92 Å². The van der Waals surface area contributed by atoms with Gasteiger partial charge in [0.25, 0.3) is 0 Å². The predicted molar refractivity (Wildman–Crippen MR) is 22.0 cm³/mol. The summed E-state index contributed by atoms with van der Waals surface area (Å²) in [5, 5.41) is 8.01. The van der Waals surface area contributed by atoms with Crippen molar-refractivity contribution in [2.75, 3.05) is 0 Å². The Kier molecular flexibility index (Phi) is 2.27. The lowest BCUT2D eigenvalue weighted by Gasteiger charge is -2.10. The van der Waals surface area contributed by atoms with Gasteiger partial charge in [0.1, 0.15) is 0 Å². The Labute approximate surface area is 45.1 Å². The third-order valence-electron chi connectivity index (χ3n) is 0.651. The largest absolute Gasteiger partial charge is 0.414 e. The zero-order chi connectivity index (χ0) is 6.78. The van der Waals surface area contributed by atoms with Crippen LogP contribution in [-0.2, 0) is 0 Å². The van der Waals surface area contributed by atoms with Crippen LogP contribution in [0.15, 0.2) is 0 Å². The number of rotatable bonds is 1. The number of aliphatic hydroxyl groups is 1. The maximum atomic E-state index is 11.2. The molecule has 1 unspecified atom stereocenters. The summed E-state index contributed by atoms with van der Waals surface area (Å²) in [5.74, 6) is 0. The van der Waals surface area contributed by atoms with Crippen LogP contribution >= 0.6 is 0 Å². The van der Waals surface area contributed by atoms with Crippen molar-refractivity contribution < 1.29 is 18.3 Å². The molecule has 0 rings (SSSR count). The highest BCUT2D eigenvalue weighted by Crippen LogP contribution is 2.20. The molecule has 0 saturated carbocycles. The molecule has 1 N–H and O–H groups in total. The molecule has 49 valence electrons. The smallest absolute Gasteiger partial charge is 0.383 e. The van der Waals surface area contributed by atoms with Crippen LogP contribution in [0.1, 0.15) is 6.92 Å². The Morgan fingerprint density at radius 1 is 1.50 bits per heavy atom.